The molecule has 5 nitrogen and oxygen atoms in total. The van der Waals surface area contributed by atoms with Crippen LogP contribution in [0.5, 0.6) is 17.2 Å². The van der Waals surface area contributed by atoms with Crippen LogP contribution in [0.4, 0.5) is 0 Å². The maximum Gasteiger partial charge on any atom is 0.185 e. The van der Waals surface area contributed by atoms with E-state index in [1.165, 1.54) is 0 Å². The van der Waals surface area contributed by atoms with Crippen LogP contribution < -0.4 is 14.2 Å². The van der Waals surface area contributed by atoms with Crippen LogP contribution in [-0.2, 0) is 13.2 Å². The first-order chi connectivity index (χ1) is 10.2. The van der Waals surface area contributed by atoms with E-state index in [1.807, 2.05) is 6.07 Å². The SMILES string of the molecule is COc1ccnc(COc2ccc(CO)cc2Br)c1OC. The second kappa shape index (κ2) is 7.28. The van der Waals surface area contributed by atoms with Crippen molar-refractivity contribution in [2.24, 2.45) is 0 Å². The highest BCUT2D eigenvalue weighted by Gasteiger charge is 2.12. The average molecular weight is 354 g/mol. The number of rotatable bonds is 6. The number of halogens is 1. The fourth-order valence-corrected chi connectivity index (χ4v) is 2.40. The molecule has 0 aliphatic heterocycles. The smallest absolute Gasteiger partial charge is 0.185 e. The van der Waals surface area contributed by atoms with E-state index < -0.39 is 0 Å². The predicted octanol–water partition coefficient (Wildman–Crippen LogP) is 2.93. The molecule has 0 radical (unpaired) electrons. The molecule has 0 aliphatic carbocycles. The number of ether oxygens (including phenoxy) is 3. The minimum atomic E-state index is -0.00978. The molecule has 0 bridgehead atoms. The second-order valence-corrected chi connectivity index (χ2v) is 5.06. The lowest BCUT2D eigenvalue weighted by molar-refractivity contribution is 0.277. The molecule has 112 valence electrons. The minimum Gasteiger partial charge on any atom is -0.493 e. The number of methoxy groups -OCH3 is 2. The van der Waals surface area contributed by atoms with Gasteiger partial charge in [-0.25, -0.2) is 0 Å². The van der Waals surface area contributed by atoms with Crippen molar-refractivity contribution in [1.29, 1.82) is 0 Å². The van der Waals surface area contributed by atoms with Gasteiger partial charge in [0.05, 0.1) is 25.3 Å². The van der Waals surface area contributed by atoms with Crippen molar-refractivity contribution in [3.63, 3.8) is 0 Å². The summed E-state index contributed by atoms with van der Waals surface area (Å²) in [5, 5.41) is 9.08. The summed E-state index contributed by atoms with van der Waals surface area (Å²) in [6, 6.07) is 7.14. The summed E-state index contributed by atoms with van der Waals surface area (Å²) < 4.78 is 17.0. The molecule has 21 heavy (non-hydrogen) atoms. The highest BCUT2D eigenvalue weighted by Crippen LogP contribution is 2.31. The van der Waals surface area contributed by atoms with Gasteiger partial charge in [0.15, 0.2) is 11.5 Å². The van der Waals surface area contributed by atoms with Crippen molar-refractivity contribution in [3.05, 3.63) is 46.2 Å². The highest BCUT2D eigenvalue weighted by molar-refractivity contribution is 9.10. The predicted molar refractivity (Wildman–Crippen MR) is 81.7 cm³/mol. The Labute approximate surface area is 131 Å². The Kier molecular flexibility index (Phi) is 5.41. The first-order valence-electron chi connectivity index (χ1n) is 6.27. The van der Waals surface area contributed by atoms with Crippen molar-refractivity contribution in [2.75, 3.05) is 14.2 Å². The van der Waals surface area contributed by atoms with E-state index in [1.54, 1.807) is 38.6 Å². The number of benzene rings is 1. The quantitative estimate of drug-likeness (QED) is 0.864. The molecule has 0 saturated carbocycles. The van der Waals surface area contributed by atoms with Gasteiger partial charge in [-0.2, -0.15) is 0 Å². The molecule has 1 N–H and O–H groups in total. The zero-order valence-electron chi connectivity index (χ0n) is 11.8. The molecule has 2 aromatic rings. The van der Waals surface area contributed by atoms with E-state index >= 15 is 0 Å². The molecule has 1 aromatic carbocycles. The Hall–Kier alpha value is -1.79. The molecular weight excluding hydrogens is 338 g/mol. The maximum atomic E-state index is 9.08. The highest BCUT2D eigenvalue weighted by atomic mass is 79.9. The van der Waals surface area contributed by atoms with Crippen LogP contribution in [0.15, 0.2) is 34.9 Å². The molecular formula is C15H16BrNO4. The lowest BCUT2D eigenvalue weighted by atomic mass is 10.2. The number of aliphatic hydroxyl groups excluding tert-OH is 1. The number of pyridine rings is 1. The van der Waals surface area contributed by atoms with Crippen LogP contribution in [0, 0.1) is 0 Å². The summed E-state index contributed by atoms with van der Waals surface area (Å²) >= 11 is 3.41. The topological polar surface area (TPSA) is 60.8 Å². The molecule has 1 heterocycles. The number of hydrogen-bond donors (Lipinski definition) is 1. The molecule has 0 saturated heterocycles. The van der Waals surface area contributed by atoms with Gasteiger partial charge in [0.2, 0.25) is 0 Å². The maximum absolute atomic E-state index is 9.08. The van der Waals surface area contributed by atoms with Crippen molar-refractivity contribution in [1.82, 2.24) is 4.98 Å². The first kappa shape index (κ1) is 15.6. The summed E-state index contributed by atoms with van der Waals surface area (Å²) in [4.78, 5) is 4.25. The molecule has 1 aromatic heterocycles. The van der Waals surface area contributed by atoms with Gasteiger partial charge in [-0.1, -0.05) is 6.07 Å². The van der Waals surface area contributed by atoms with Gasteiger partial charge in [0.25, 0.3) is 0 Å². The normalized spacial score (nSPS) is 10.3. The molecule has 2 rings (SSSR count). The van der Waals surface area contributed by atoms with Crippen LogP contribution in [-0.4, -0.2) is 24.3 Å². The summed E-state index contributed by atoms with van der Waals surface area (Å²) in [5.41, 5.74) is 1.46. The molecule has 0 fully saturated rings. The number of aromatic nitrogens is 1. The van der Waals surface area contributed by atoms with Crippen molar-refractivity contribution in [3.8, 4) is 17.2 Å². The third kappa shape index (κ3) is 3.65. The van der Waals surface area contributed by atoms with Crippen LogP contribution in [0.3, 0.4) is 0 Å². The third-order valence-corrected chi connectivity index (χ3v) is 3.53. The fraction of sp³-hybridized carbons (Fsp3) is 0.267. The molecule has 0 spiro atoms. The second-order valence-electron chi connectivity index (χ2n) is 4.20. The Morgan fingerprint density at radius 2 is 1.95 bits per heavy atom. The van der Waals surface area contributed by atoms with Crippen molar-refractivity contribution < 1.29 is 19.3 Å². The van der Waals surface area contributed by atoms with Crippen LogP contribution in [0.1, 0.15) is 11.3 Å². The number of aliphatic hydroxyl groups is 1. The van der Waals surface area contributed by atoms with Gasteiger partial charge < -0.3 is 19.3 Å². The summed E-state index contributed by atoms with van der Waals surface area (Å²) in [6.07, 6.45) is 1.64. The Morgan fingerprint density at radius 1 is 1.14 bits per heavy atom. The molecule has 0 atom stereocenters. The van der Waals surface area contributed by atoms with Gasteiger partial charge in [-0.15, -0.1) is 0 Å². The average Bonchev–Trinajstić information content (AvgIpc) is 2.52. The summed E-state index contributed by atoms with van der Waals surface area (Å²) in [7, 11) is 3.14. The number of nitrogens with zero attached hydrogens (tertiary/aromatic N) is 1. The summed E-state index contributed by atoms with van der Waals surface area (Å²) in [5.74, 6) is 1.84. The van der Waals surface area contributed by atoms with Crippen molar-refractivity contribution in [2.45, 2.75) is 13.2 Å². The monoisotopic (exact) mass is 353 g/mol. The number of hydrogen-bond acceptors (Lipinski definition) is 5. The van der Waals surface area contributed by atoms with Gasteiger partial charge in [0.1, 0.15) is 18.1 Å². The molecule has 0 unspecified atom stereocenters. The lowest BCUT2D eigenvalue weighted by Crippen LogP contribution is -2.03. The Morgan fingerprint density at radius 3 is 2.57 bits per heavy atom. The molecule has 0 aliphatic rings. The molecule has 6 heteroatoms. The zero-order chi connectivity index (χ0) is 15.2. The molecule has 0 amide bonds. The van der Waals surface area contributed by atoms with Gasteiger partial charge in [-0.05, 0) is 33.6 Å². The standard InChI is InChI=1S/C15H16BrNO4/c1-19-14-5-6-17-12(15(14)20-2)9-21-13-4-3-10(8-18)7-11(13)16/h3-7,18H,8-9H2,1-2H3. The largest absolute Gasteiger partial charge is 0.493 e. The van der Waals surface area contributed by atoms with Crippen molar-refractivity contribution >= 4 is 15.9 Å². The van der Waals surface area contributed by atoms with Gasteiger partial charge >= 0.3 is 0 Å². The van der Waals surface area contributed by atoms with Gasteiger partial charge in [0, 0.05) is 12.3 Å². The van der Waals surface area contributed by atoms with E-state index in [0.717, 1.165) is 10.0 Å². The lowest BCUT2D eigenvalue weighted by Gasteiger charge is -2.13. The minimum absolute atomic E-state index is 0.00978. The third-order valence-electron chi connectivity index (χ3n) is 2.91. The summed E-state index contributed by atoms with van der Waals surface area (Å²) in [6.45, 7) is 0.238. The Balaban J connectivity index is 2.16. The van der Waals surface area contributed by atoms with E-state index in [2.05, 4.69) is 20.9 Å². The fourth-order valence-electron chi connectivity index (χ4n) is 1.86. The van der Waals surface area contributed by atoms with Crippen LogP contribution in [0.2, 0.25) is 0 Å². The van der Waals surface area contributed by atoms with Crippen LogP contribution >= 0.6 is 15.9 Å². The van der Waals surface area contributed by atoms with E-state index in [4.69, 9.17) is 19.3 Å². The Bertz CT molecular complexity index is 619. The zero-order valence-corrected chi connectivity index (χ0v) is 13.4. The van der Waals surface area contributed by atoms with E-state index in [0.29, 0.717) is 22.9 Å². The van der Waals surface area contributed by atoms with Crippen LogP contribution in [0.25, 0.3) is 0 Å². The van der Waals surface area contributed by atoms with E-state index in [9.17, 15) is 0 Å². The first-order valence-corrected chi connectivity index (χ1v) is 7.06. The van der Waals surface area contributed by atoms with E-state index in [-0.39, 0.29) is 13.2 Å². The van der Waals surface area contributed by atoms with Gasteiger partial charge in [-0.3, -0.25) is 4.98 Å².